The van der Waals surface area contributed by atoms with Gasteiger partial charge in [0, 0.05) is 25.1 Å². The number of carbonyl (C=O) groups excluding carboxylic acids is 1. The minimum atomic E-state index is -0.683. The number of hydrogen-bond acceptors (Lipinski definition) is 3. The van der Waals surface area contributed by atoms with Gasteiger partial charge in [-0.15, -0.1) is 12.4 Å². The van der Waals surface area contributed by atoms with Gasteiger partial charge in [-0.25, -0.2) is 4.39 Å². The average molecular weight is 339 g/mol. The smallest absolute Gasteiger partial charge is 0.254 e. The molecule has 0 aliphatic carbocycles. The fraction of sp³-hybridized carbons (Fsp3) is 0.375. The molecule has 0 spiro atoms. The second kappa shape index (κ2) is 7.10. The fourth-order valence-corrected chi connectivity index (χ4v) is 3.00. The molecule has 124 valence electrons. The van der Waals surface area contributed by atoms with Gasteiger partial charge in [0.1, 0.15) is 11.4 Å². The molecule has 1 saturated heterocycles. The van der Waals surface area contributed by atoms with Crippen LogP contribution in [0.15, 0.2) is 42.7 Å². The van der Waals surface area contributed by atoms with Crippen LogP contribution in [0.2, 0.25) is 0 Å². The third-order valence-electron chi connectivity index (χ3n) is 4.29. The highest BCUT2D eigenvalue weighted by molar-refractivity contribution is 5.98. The van der Waals surface area contributed by atoms with E-state index in [9.17, 15) is 9.18 Å². The number of piperidine rings is 1. The van der Waals surface area contributed by atoms with Crippen LogP contribution in [0, 0.1) is 5.82 Å². The molecule has 0 bridgehead atoms. The van der Waals surface area contributed by atoms with Gasteiger partial charge in [0.15, 0.2) is 0 Å². The van der Waals surface area contributed by atoms with Crippen LogP contribution in [0.1, 0.15) is 12.8 Å². The van der Waals surface area contributed by atoms with Crippen LogP contribution in [0.4, 0.5) is 10.1 Å². The third-order valence-corrected chi connectivity index (χ3v) is 4.29. The van der Waals surface area contributed by atoms with Crippen LogP contribution in [0.5, 0.6) is 0 Å². The highest BCUT2D eigenvalue weighted by atomic mass is 35.5. The number of nitrogens with zero attached hydrogens (tertiary/aromatic N) is 3. The number of carbonyl (C=O) groups is 1. The zero-order chi connectivity index (χ0) is 15.6. The van der Waals surface area contributed by atoms with Crippen molar-refractivity contribution in [3.8, 4) is 0 Å². The number of benzene rings is 1. The van der Waals surface area contributed by atoms with E-state index in [1.165, 1.54) is 12.1 Å². The predicted molar refractivity (Wildman–Crippen MR) is 89.4 cm³/mol. The molecule has 1 amide bonds. The standard InChI is InChI=1S/C16H19FN4O.ClH/c1-20(14-5-3-13(17)4-6-14)15(22)16(7-10-18-11-8-16)21-12-2-9-19-21;/h2-6,9,12,18H,7-8,10-11H2,1H3;1H. The van der Waals surface area contributed by atoms with E-state index in [1.54, 1.807) is 35.0 Å². The van der Waals surface area contributed by atoms with Crippen molar-refractivity contribution in [2.45, 2.75) is 18.4 Å². The molecule has 5 nitrogen and oxygen atoms in total. The van der Waals surface area contributed by atoms with E-state index in [0.29, 0.717) is 18.5 Å². The molecule has 1 aliphatic rings. The zero-order valence-electron chi connectivity index (χ0n) is 12.9. The Labute approximate surface area is 140 Å². The third kappa shape index (κ3) is 3.23. The first-order valence-electron chi connectivity index (χ1n) is 7.38. The maximum absolute atomic E-state index is 13.1. The monoisotopic (exact) mass is 338 g/mol. The summed E-state index contributed by atoms with van der Waals surface area (Å²) in [5.74, 6) is -0.336. The highest BCUT2D eigenvalue weighted by Crippen LogP contribution is 2.30. The van der Waals surface area contributed by atoms with Crippen LogP contribution >= 0.6 is 12.4 Å². The number of hydrogen-bond donors (Lipinski definition) is 1. The summed E-state index contributed by atoms with van der Waals surface area (Å²) >= 11 is 0. The lowest BCUT2D eigenvalue weighted by atomic mass is 9.86. The molecule has 2 heterocycles. The molecule has 0 atom stereocenters. The first kappa shape index (κ1) is 17.4. The van der Waals surface area contributed by atoms with Gasteiger partial charge >= 0.3 is 0 Å². The molecular weight excluding hydrogens is 319 g/mol. The second-order valence-electron chi connectivity index (χ2n) is 5.57. The summed E-state index contributed by atoms with van der Waals surface area (Å²) in [6.07, 6.45) is 4.88. The van der Waals surface area contributed by atoms with Crippen LogP contribution < -0.4 is 10.2 Å². The van der Waals surface area contributed by atoms with Crippen molar-refractivity contribution < 1.29 is 9.18 Å². The number of likely N-dealkylation sites (N-methyl/N-ethyl adjacent to an activating group) is 1. The molecule has 0 unspecified atom stereocenters. The minimum Gasteiger partial charge on any atom is -0.317 e. The molecule has 0 radical (unpaired) electrons. The van der Waals surface area contributed by atoms with Crippen molar-refractivity contribution in [1.82, 2.24) is 15.1 Å². The van der Waals surface area contributed by atoms with Crippen molar-refractivity contribution in [3.05, 3.63) is 48.5 Å². The quantitative estimate of drug-likeness (QED) is 0.933. The van der Waals surface area contributed by atoms with Gasteiger partial charge in [-0.05, 0) is 56.3 Å². The molecular formula is C16H20ClFN4O. The summed E-state index contributed by atoms with van der Waals surface area (Å²) in [5, 5.41) is 7.59. The second-order valence-corrected chi connectivity index (χ2v) is 5.57. The molecule has 1 aliphatic heterocycles. The van der Waals surface area contributed by atoms with Crippen LogP contribution in [-0.2, 0) is 10.3 Å². The average Bonchev–Trinajstić information content (AvgIpc) is 3.10. The van der Waals surface area contributed by atoms with Gasteiger partial charge in [0.25, 0.3) is 5.91 Å². The summed E-state index contributed by atoms with van der Waals surface area (Å²) in [6, 6.07) is 7.79. The van der Waals surface area contributed by atoms with E-state index in [2.05, 4.69) is 10.4 Å². The van der Waals surface area contributed by atoms with Gasteiger partial charge in [-0.3, -0.25) is 9.48 Å². The van der Waals surface area contributed by atoms with Gasteiger partial charge in [-0.1, -0.05) is 0 Å². The van der Waals surface area contributed by atoms with Crippen LogP contribution in [0.25, 0.3) is 0 Å². The number of amides is 1. The Balaban J connectivity index is 0.00000192. The minimum absolute atomic E-state index is 0. The van der Waals surface area contributed by atoms with Crippen molar-refractivity contribution in [2.75, 3.05) is 25.0 Å². The normalized spacial score (nSPS) is 16.4. The lowest BCUT2D eigenvalue weighted by molar-refractivity contribution is -0.128. The molecule has 1 fully saturated rings. The van der Waals surface area contributed by atoms with Gasteiger partial charge in [0.2, 0.25) is 0 Å². The molecule has 1 aromatic carbocycles. The Morgan fingerprint density at radius 1 is 1.30 bits per heavy atom. The van der Waals surface area contributed by atoms with E-state index in [-0.39, 0.29) is 24.1 Å². The topological polar surface area (TPSA) is 50.2 Å². The van der Waals surface area contributed by atoms with Crippen molar-refractivity contribution >= 4 is 24.0 Å². The molecule has 3 rings (SSSR count). The lowest BCUT2D eigenvalue weighted by Crippen LogP contribution is -2.55. The molecule has 0 saturated carbocycles. The van der Waals surface area contributed by atoms with Gasteiger partial charge in [0.05, 0.1) is 0 Å². The summed E-state index contributed by atoms with van der Waals surface area (Å²) in [5.41, 5.74) is -0.00537. The number of aromatic nitrogens is 2. The van der Waals surface area contributed by atoms with Gasteiger partial charge in [-0.2, -0.15) is 5.10 Å². The molecule has 1 N–H and O–H groups in total. The maximum atomic E-state index is 13.1. The SMILES string of the molecule is CN(C(=O)C1(n2cccn2)CCNCC1)c1ccc(F)cc1.Cl. The van der Waals surface area contributed by atoms with E-state index in [0.717, 1.165) is 13.1 Å². The Hall–Kier alpha value is -1.92. The fourth-order valence-electron chi connectivity index (χ4n) is 3.00. The maximum Gasteiger partial charge on any atom is 0.254 e. The lowest BCUT2D eigenvalue weighted by Gasteiger charge is -2.39. The summed E-state index contributed by atoms with van der Waals surface area (Å²) < 4.78 is 14.8. The van der Waals surface area contributed by atoms with Crippen molar-refractivity contribution in [2.24, 2.45) is 0 Å². The van der Waals surface area contributed by atoms with Crippen LogP contribution in [-0.4, -0.2) is 35.8 Å². The molecule has 2 aromatic rings. The summed E-state index contributed by atoms with van der Waals surface area (Å²) in [6.45, 7) is 1.53. The highest BCUT2D eigenvalue weighted by Gasteiger charge is 2.43. The van der Waals surface area contributed by atoms with E-state index < -0.39 is 5.54 Å². The van der Waals surface area contributed by atoms with E-state index in [4.69, 9.17) is 0 Å². The summed E-state index contributed by atoms with van der Waals surface area (Å²) in [4.78, 5) is 14.7. The molecule has 23 heavy (non-hydrogen) atoms. The number of rotatable bonds is 3. The van der Waals surface area contributed by atoms with Crippen LogP contribution in [0.3, 0.4) is 0 Å². The first-order valence-corrected chi connectivity index (χ1v) is 7.38. The Morgan fingerprint density at radius 2 is 1.96 bits per heavy atom. The van der Waals surface area contributed by atoms with E-state index in [1.807, 2.05) is 12.3 Å². The largest absolute Gasteiger partial charge is 0.317 e. The Kier molecular flexibility index (Phi) is 5.38. The number of halogens is 2. The first-order chi connectivity index (χ1) is 10.6. The Bertz CT molecular complexity index is 639. The number of anilines is 1. The number of nitrogens with one attached hydrogen (secondary N) is 1. The zero-order valence-corrected chi connectivity index (χ0v) is 13.7. The molecule has 1 aromatic heterocycles. The summed E-state index contributed by atoms with van der Waals surface area (Å²) in [7, 11) is 1.73. The van der Waals surface area contributed by atoms with Crippen molar-refractivity contribution in [3.63, 3.8) is 0 Å². The molecule has 7 heteroatoms. The van der Waals surface area contributed by atoms with Crippen molar-refractivity contribution in [1.29, 1.82) is 0 Å². The Morgan fingerprint density at radius 3 is 2.52 bits per heavy atom. The predicted octanol–water partition coefficient (Wildman–Crippen LogP) is 2.19. The van der Waals surface area contributed by atoms with E-state index >= 15 is 0 Å². The van der Waals surface area contributed by atoms with Gasteiger partial charge < -0.3 is 10.2 Å².